The van der Waals surface area contributed by atoms with Crippen LogP contribution < -0.4 is 5.32 Å². The van der Waals surface area contributed by atoms with Gasteiger partial charge in [0.25, 0.3) is 11.8 Å². The summed E-state index contributed by atoms with van der Waals surface area (Å²) in [6.07, 6.45) is 5.03. The molecule has 1 N–H and O–H groups in total. The molecule has 3 fully saturated rings. The fourth-order valence-electron chi connectivity index (χ4n) is 4.23. The highest BCUT2D eigenvalue weighted by molar-refractivity contribution is 6.01. The molecular formula is C19H30N4O5. The summed E-state index contributed by atoms with van der Waals surface area (Å²) in [5.74, 6) is -0.906. The van der Waals surface area contributed by atoms with Crippen molar-refractivity contribution < 1.29 is 24.0 Å². The minimum absolute atomic E-state index is 0.0645. The Balaban J connectivity index is 1.56. The van der Waals surface area contributed by atoms with Gasteiger partial charge in [-0.2, -0.15) is 0 Å². The second-order valence-corrected chi connectivity index (χ2v) is 7.78. The molecule has 0 aromatic carbocycles. The van der Waals surface area contributed by atoms with E-state index in [1.165, 1.54) is 0 Å². The molecule has 2 atom stereocenters. The summed E-state index contributed by atoms with van der Waals surface area (Å²) in [5, 5.41) is 3.33. The minimum Gasteiger partial charge on any atom is -0.335 e. The lowest BCUT2D eigenvalue weighted by Gasteiger charge is -2.44. The van der Waals surface area contributed by atoms with Gasteiger partial charge in [0.2, 0.25) is 5.91 Å². The molecule has 2 heterocycles. The van der Waals surface area contributed by atoms with E-state index < -0.39 is 17.9 Å². The fourth-order valence-corrected chi connectivity index (χ4v) is 4.23. The number of carbonyl (C=O) groups is 4. The number of hydrogen-bond acceptors (Lipinski definition) is 6. The van der Waals surface area contributed by atoms with Crippen molar-refractivity contribution in [2.75, 3.05) is 26.2 Å². The van der Waals surface area contributed by atoms with Gasteiger partial charge >= 0.3 is 6.09 Å². The predicted octanol–water partition coefficient (Wildman–Crippen LogP) is 1.03. The van der Waals surface area contributed by atoms with Crippen LogP contribution in [0.5, 0.6) is 0 Å². The van der Waals surface area contributed by atoms with Crippen LogP contribution in [0.15, 0.2) is 0 Å². The number of imide groups is 1. The lowest BCUT2D eigenvalue weighted by atomic mass is 9.88. The molecule has 0 aromatic heterocycles. The molecule has 3 rings (SSSR count). The number of piperazine rings is 1. The fraction of sp³-hybridized carbons (Fsp3) is 0.789. The first-order chi connectivity index (χ1) is 13.5. The van der Waals surface area contributed by atoms with Gasteiger partial charge in [-0.15, -0.1) is 5.06 Å². The van der Waals surface area contributed by atoms with E-state index >= 15 is 0 Å². The number of amides is 4. The zero-order valence-electron chi connectivity index (χ0n) is 16.5. The third-order valence-corrected chi connectivity index (χ3v) is 5.78. The molecule has 2 saturated heterocycles. The van der Waals surface area contributed by atoms with Gasteiger partial charge in [-0.25, -0.2) is 4.79 Å². The average Bonchev–Trinajstić information content (AvgIpc) is 2.99. The van der Waals surface area contributed by atoms with E-state index in [4.69, 9.17) is 4.84 Å². The Morgan fingerprint density at radius 2 is 1.79 bits per heavy atom. The lowest BCUT2D eigenvalue weighted by molar-refractivity contribution is -0.171. The van der Waals surface area contributed by atoms with Crippen LogP contribution in [0.25, 0.3) is 0 Å². The molecule has 1 aliphatic carbocycles. The summed E-state index contributed by atoms with van der Waals surface area (Å²) in [7, 11) is 0. The highest BCUT2D eigenvalue weighted by atomic mass is 16.7. The molecule has 3 aliphatic rings. The van der Waals surface area contributed by atoms with Crippen molar-refractivity contribution in [3.63, 3.8) is 0 Å². The molecule has 1 saturated carbocycles. The van der Waals surface area contributed by atoms with Gasteiger partial charge in [-0.1, -0.05) is 26.2 Å². The lowest BCUT2D eigenvalue weighted by Crippen LogP contribution is -2.61. The van der Waals surface area contributed by atoms with Crippen molar-refractivity contribution in [3.05, 3.63) is 0 Å². The second-order valence-electron chi connectivity index (χ2n) is 7.78. The van der Waals surface area contributed by atoms with Gasteiger partial charge in [-0.3, -0.25) is 19.3 Å². The van der Waals surface area contributed by atoms with E-state index in [1.54, 1.807) is 0 Å². The van der Waals surface area contributed by atoms with Crippen LogP contribution >= 0.6 is 0 Å². The third-order valence-electron chi connectivity index (χ3n) is 5.78. The van der Waals surface area contributed by atoms with Crippen LogP contribution in [0.1, 0.15) is 58.3 Å². The van der Waals surface area contributed by atoms with Gasteiger partial charge in [0.1, 0.15) is 0 Å². The van der Waals surface area contributed by atoms with Crippen molar-refractivity contribution >= 4 is 23.8 Å². The Kier molecular flexibility index (Phi) is 6.88. The maximum absolute atomic E-state index is 12.7. The first-order valence-corrected chi connectivity index (χ1v) is 10.4. The van der Waals surface area contributed by atoms with Crippen molar-refractivity contribution in [2.24, 2.45) is 0 Å². The minimum atomic E-state index is -0.811. The van der Waals surface area contributed by atoms with Gasteiger partial charge < -0.3 is 15.1 Å². The van der Waals surface area contributed by atoms with E-state index in [0.717, 1.165) is 51.6 Å². The summed E-state index contributed by atoms with van der Waals surface area (Å²) in [6.45, 7) is 5.00. The third kappa shape index (κ3) is 4.81. The highest BCUT2D eigenvalue weighted by Crippen LogP contribution is 2.25. The molecule has 28 heavy (non-hydrogen) atoms. The standard InChI is InChI=1S/C19H30N4O5/c1-2-3-10-21-11-12-22(18(26)13-21)15-7-5-4-6-14(15)20-19(27)28-23-16(24)8-9-17(23)25/h14-15H,2-13H2,1H3,(H,20,27)/t14-,15+/m0/s1. The number of nitrogens with one attached hydrogen (secondary N) is 1. The first-order valence-electron chi connectivity index (χ1n) is 10.4. The molecule has 9 nitrogen and oxygen atoms in total. The maximum atomic E-state index is 12.7. The monoisotopic (exact) mass is 394 g/mol. The Bertz CT molecular complexity index is 609. The van der Waals surface area contributed by atoms with E-state index in [1.807, 2.05) is 4.90 Å². The number of nitrogens with zero attached hydrogens (tertiary/aromatic N) is 3. The molecule has 0 aromatic rings. The van der Waals surface area contributed by atoms with Crippen LogP contribution in [0, 0.1) is 0 Å². The molecule has 0 radical (unpaired) electrons. The zero-order valence-corrected chi connectivity index (χ0v) is 16.5. The van der Waals surface area contributed by atoms with Crippen LogP contribution in [-0.4, -0.2) is 76.9 Å². The van der Waals surface area contributed by atoms with E-state index in [0.29, 0.717) is 18.2 Å². The maximum Gasteiger partial charge on any atom is 0.432 e. The summed E-state index contributed by atoms with van der Waals surface area (Å²) in [5.41, 5.74) is 0. The van der Waals surface area contributed by atoms with E-state index in [-0.39, 0.29) is 30.8 Å². The second kappa shape index (κ2) is 9.36. The molecule has 0 bridgehead atoms. The average molecular weight is 394 g/mol. The molecule has 4 amide bonds. The largest absolute Gasteiger partial charge is 0.432 e. The molecule has 0 spiro atoms. The predicted molar refractivity (Wildman–Crippen MR) is 99.8 cm³/mol. The summed E-state index contributed by atoms with van der Waals surface area (Å²) < 4.78 is 0. The molecule has 9 heteroatoms. The van der Waals surface area contributed by atoms with Crippen molar-refractivity contribution in [1.29, 1.82) is 0 Å². The molecule has 156 valence electrons. The smallest absolute Gasteiger partial charge is 0.335 e. The molecule has 0 unspecified atom stereocenters. The Morgan fingerprint density at radius 1 is 1.07 bits per heavy atom. The number of hydroxylamine groups is 2. The Hall–Kier alpha value is -2.16. The molecular weight excluding hydrogens is 364 g/mol. The molecule has 2 aliphatic heterocycles. The summed E-state index contributed by atoms with van der Waals surface area (Å²) in [4.78, 5) is 57.2. The number of hydrogen-bond donors (Lipinski definition) is 1. The Morgan fingerprint density at radius 3 is 2.46 bits per heavy atom. The van der Waals surface area contributed by atoms with Gasteiger partial charge in [0.05, 0.1) is 18.6 Å². The number of unbranched alkanes of at least 4 members (excludes halogenated alkanes) is 1. The van der Waals surface area contributed by atoms with Gasteiger partial charge in [-0.05, 0) is 25.8 Å². The van der Waals surface area contributed by atoms with Gasteiger partial charge in [0, 0.05) is 25.9 Å². The van der Waals surface area contributed by atoms with Crippen molar-refractivity contribution in [3.8, 4) is 0 Å². The highest BCUT2D eigenvalue weighted by Gasteiger charge is 2.38. The van der Waals surface area contributed by atoms with Crippen LogP contribution in [0.4, 0.5) is 4.79 Å². The van der Waals surface area contributed by atoms with E-state index in [9.17, 15) is 19.2 Å². The number of rotatable bonds is 6. The zero-order chi connectivity index (χ0) is 20.1. The van der Waals surface area contributed by atoms with E-state index in [2.05, 4.69) is 17.1 Å². The Labute approximate surface area is 165 Å². The van der Waals surface area contributed by atoms with Crippen molar-refractivity contribution in [1.82, 2.24) is 20.2 Å². The van der Waals surface area contributed by atoms with Crippen LogP contribution in [-0.2, 0) is 19.2 Å². The van der Waals surface area contributed by atoms with Crippen LogP contribution in [0.3, 0.4) is 0 Å². The van der Waals surface area contributed by atoms with Gasteiger partial charge in [0.15, 0.2) is 0 Å². The van der Waals surface area contributed by atoms with Crippen LogP contribution in [0.2, 0.25) is 0 Å². The SMILES string of the molecule is CCCCN1CCN([C@@H]2CCCC[C@@H]2NC(=O)ON2C(=O)CCC2=O)C(=O)C1. The quantitative estimate of drug-likeness (QED) is 0.676. The summed E-state index contributed by atoms with van der Waals surface area (Å²) >= 11 is 0. The normalized spacial score (nSPS) is 26.7. The number of carbonyl (C=O) groups excluding carboxylic acids is 4. The first kappa shape index (κ1) is 20.6. The summed E-state index contributed by atoms with van der Waals surface area (Å²) in [6, 6.07) is -0.313. The topological polar surface area (TPSA) is 99.3 Å². The van der Waals surface area contributed by atoms with Crippen molar-refractivity contribution in [2.45, 2.75) is 70.4 Å².